The van der Waals surface area contributed by atoms with Gasteiger partial charge in [-0.15, -0.1) is 0 Å². The van der Waals surface area contributed by atoms with E-state index in [1.807, 2.05) is 6.07 Å². The largest absolute Gasteiger partial charge is 0.367 e. The van der Waals surface area contributed by atoms with Gasteiger partial charge >= 0.3 is 0 Å². The number of hydrogen-bond acceptors (Lipinski definition) is 4. The first-order valence-electron chi connectivity index (χ1n) is 4.02. The van der Waals surface area contributed by atoms with Crippen molar-refractivity contribution < 1.29 is 4.52 Å². The van der Waals surface area contributed by atoms with E-state index in [1.54, 1.807) is 18.2 Å². The minimum absolute atomic E-state index is 0.229. The maximum atomic E-state index is 8.87. The van der Waals surface area contributed by atoms with Gasteiger partial charge in [0, 0.05) is 5.56 Å². The fourth-order valence-electron chi connectivity index (χ4n) is 1.27. The molecule has 2 rings (SSSR count). The normalized spacial score (nSPS) is 9.64. The van der Waals surface area contributed by atoms with Crippen molar-refractivity contribution >= 4 is 5.88 Å². The number of benzene rings is 1. The Morgan fingerprint density at radius 2 is 2.07 bits per heavy atom. The smallest absolute Gasteiger partial charge is 0.229 e. The Morgan fingerprint density at radius 1 is 1.29 bits per heavy atom. The van der Waals surface area contributed by atoms with E-state index in [4.69, 9.17) is 15.5 Å². The van der Waals surface area contributed by atoms with Crippen LogP contribution in [-0.2, 0) is 0 Å². The van der Waals surface area contributed by atoms with Crippen LogP contribution in [0, 0.1) is 11.3 Å². The number of rotatable bonds is 1. The average Bonchev–Trinajstić information content (AvgIpc) is 2.64. The molecule has 0 amide bonds. The Morgan fingerprint density at radius 3 is 2.71 bits per heavy atom. The lowest BCUT2D eigenvalue weighted by Crippen LogP contribution is -1.87. The summed E-state index contributed by atoms with van der Waals surface area (Å²) >= 11 is 0. The monoisotopic (exact) mass is 185 g/mol. The van der Waals surface area contributed by atoms with Crippen molar-refractivity contribution in [2.75, 3.05) is 5.73 Å². The maximum absolute atomic E-state index is 8.87. The summed E-state index contributed by atoms with van der Waals surface area (Å²) in [6.45, 7) is 0. The molecule has 0 saturated carbocycles. The SMILES string of the molecule is N#Cc1ccccc1-c1cnoc1N. The molecule has 0 atom stereocenters. The number of nitriles is 1. The molecule has 2 aromatic rings. The summed E-state index contributed by atoms with van der Waals surface area (Å²) in [6, 6.07) is 9.25. The van der Waals surface area contributed by atoms with E-state index in [-0.39, 0.29) is 5.88 Å². The lowest BCUT2D eigenvalue weighted by atomic mass is 10.0. The lowest BCUT2D eigenvalue weighted by molar-refractivity contribution is 0.436. The van der Waals surface area contributed by atoms with Gasteiger partial charge < -0.3 is 10.3 Å². The number of aromatic nitrogens is 1. The molecule has 0 aliphatic carbocycles. The highest BCUT2D eigenvalue weighted by Crippen LogP contribution is 2.27. The first-order chi connectivity index (χ1) is 6.83. The molecular weight excluding hydrogens is 178 g/mol. The molecule has 2 N–H and O–H groups in total. The van der Waals surface area contributed by atoms with E-state index in [1.165, 1.54) is 6.20 Å². The zero-order valence-electron chi connectivity index (χ0n) is 7.27. The molecule has 0 spiro atoms. The first-order valence-corrected chi connectivity index (χ1v) is 4.02. The fraction of sp³-hybridized carbons (Fsp3) is 0. The molecule has 1 heterocycles. The van der Waals surface area contributed by atoms with Crippen LogP contribution in [0.2, 0.25) is 0 Å². The van der Waals surface area contributed by atoms with Crippen LogP contribution in [0.1, 0.15) is 5.56 Å². The molecule has 0 fully saturated rings. The van der Waals surface area contributed by atoms with Crippen molar-refractivity contribution in [1.82, 2.24) is 5.16 Å². The maximum Gasteiger partial charge on any atom is 0.229 e. The van der Waals surface area contributed by atoms with Crippen molar-refractivity contribution in [3.63, 3.8) is 0 Å². The predicted octanol–water partition coefficient (Wildman–Crippen LogP) is 1.80. The minimum Gasteiger partial charge on any atom is -0.367 e. The average molecular weight is 185 g/mol. The molecule has 0 unspecified atom stereocenters. The summed E-state index contributed by atoms with van der Waals surface area (Å²) in [5, 5.41) is 12.4. The van der Waals surface area contributed by atoms with E-state index in [2.05, 4.69) is 11.2 Å². The Balaban J connectivity index is 2.64. The zero-order valence-corrected chi connectivity index (χ0v) is 7.27. The molecule has 14 heavy (non-hydrogen) atoms. The van der Waals surface area contributed by atoms with Gasteiger partial charge in [0.15, 0.2) is 0 Å². The highest BCUT2D eigenvalue weighted by Gasteiger charge is 2.10. The highest BCUT2D eigenvalue weighted by molar-refractivity contribution is 5.76. The van der Waals surface area contributed by atoms with Crippen LogP contribution in [0.15, 0.2) is 35.0 Å². The predicted molar refractivity (Wildman–Crippen MR) is 51.1 cm³/mol. The summed E-state index contributed by atoms with van der Waals surface area (Å²) in [4.78, 5) is 0. The zero-order chi connectivity index (χ0) is 9.97. The number of hydrogen-bond donors (Lipinski definition) is 1. The van der Waals surface area contributed by atoms with E-state index in [0.717, 1.165) is 5.56 Å². The second kappa shape index (κ2) is 3.23. The van der Waals surface area contributed by atoms with Gasteiger partial charge in [-0.25, -0.2) is 0 Å². The molecular formula is C10H7N3O. The van der Waals surface area contributed by atoms with Gasteiger partial charge in [0.1, 0.15) is 0 Å². The molecule has 68 valence electrons. The van der Waals surface area contributed by atoms with Crippen LogP contribution >= 0.6 is 0 Å². The molecule has 1 aromatic heterocycles. The Hall–Kier alpha value is -2.28. The van der Waals surface area contributed by atoms with Gasteiger partial charge in [-0.3, -0.25) is 0 Å². The van der Waals surface area contributed by atoms with Crippen LogP contribution in [0.3, 0.4) is 0 Å². The summed E-state index contributed by atoms with van der Waals surface area (Å²) in [5.74, 6) is 0.229. The molecule has 0 aliphatic heterocycles. The first kappa shape index (κ1) is 8.32. The Kier molecular flexibility index (Phi) is 1.92. The second-order valence-corrected chi connectivity index (χ2v) is 2.76. The van der Waals surface area contributed by atoms with E-state index in [9.17, 15) is 0 Å². The van der Waals surface area contributed by atoms with Crippen LogP contribution in [0.5, 0.6) is 0 Å². The van der Waals surface area contributed by atoms with Crippen molar-refractivity contribution in [3.8, 4) is 17.2 Å². The van der Waals surface area contributed by atoms with E-state index >= 15 is 0 Å². The topological polar surface area (TPSA) is 75.8 Å². The van der Waals surface area contributed by atoms with Crippen LogP contribution in [0.25, 0.3) is 11.1 Å². The van der Waals surface area contributed by atoms with Crippen LogP contribution < -0.4 is 5.73 Å². The van der Waals surface area contributed by atoms with E-state index in [0.29, 0.717) is 11.1 Å². The second-order valence-electron chi connectivity index (χ2n) is 2.76. The number of nitrogens with two attached hydrogens (primary N) is 1. The molecule has 0 aliphatic rings. The Labute approximate surface area is 80.6 Å². The van der Waals surface area contributed by atoms with Gasteiger partial charge in [0.25, 0.3) is 0 Å². The number of nitrogen functional groups attached to an aromatic ring is 1. The van der Waals surface area contributed by atoms with Gasteiger partial charge in [0.2, 0.25) is 5.88 Å². The standard InChI is InChI=1S/C10H7N3O/c11-5-7-3-1-2-4-8(7)9-6-13-14-10(9)12/h1-4,6H,12H2. The van der Waals surface area contributed by atoms with Crippen molar-refractivity contribution in [2.24, 2.45) is 0 Å². The fourth-order valence-corrected chi connectivity index (χ4v) is 1.27. The van der Waals surface area contributed by atoms with Gasteiger partial charge in [-0.1, -0.05) is 23.4 Å². The van der Waals surface area contributed by atoms with Gasteiger partial charge in [-0.05, 0) is 6.07 Å². The molecule has 4 heteroatoms. The van der Waals surface area contributed by atoms with Crippen LogP contribution in [0.4, 0.5) is 5.88 Å². The third-order valence-electron chi connectivity index (χ3n) is 1.94. The van der Waals surface area contributed by atoms with Crippen molar-refractivity contribution in [1.29, 1.82) is 5.26 Å². The quantitative estimate of drug-likeness (QED) is 0.734. The number of nitrogens with zero attached hydrogens (tertiary/aromatic N) is 2. The summed E-state index contributed by atoms with van der Waals surface area (Å²) in [5.41, 5.74) is 7.51. The number of anilines is 1. The van der Waals surface area contributed by atoms with Gasteiger partial charge in [0.05, 0.1) is 23.4 Å². The van der Waals surface area contributed by atoms with Gasteiger partial charge in [-0.2, -0.15) is 5.26 Å². The summed E-state index contributed by atoms with van der Waals surface area (Å²) in [7, 11) is 0. The van der Waals surface area contributed by atoms with Crippen LogP contribution in [-0.4, -0.2) is 5.16 Å². The third kappa shape index (κ3) is 1.21. The molecule has 0 radical (unpaired) electrons. The van der Waals surface area contributed by atoms with Crippen molar-refractivity contribution in [3.05, 3.63) is 36.0 Å². The third-order valence-corrected chi connectivity index (χ3v) is 1.94. The molecule has 1 aromatic carbocycles. The highest BCUT2D eigenvalue weighted by atomic mass is 16.5. The van der Waals surface area contributed by atoms with E-state index < -0.39 is 0 Å². The molecule has 0 bridgehead atoms. The summed E-state index contributed by atoms with van der Waals surface area (Å²) < 4.78 is 4.74. The minimum atomic E-state index is 0.229. The Bertz CT molecular complexity index is 496. The molecule has 4 nitrogen and oxygen atoms in total. The van der Waals surface area contributed by atoms with Crippen molar-refractivity contribution in [2.45, 2.75) is 0 Å². The summed E-state index contributed by atoms with van der Waals surface area (Å²) in [6.07, 6.45) is 1.51. The lowest BCUT2D eigenvalue weighted by Gasteiger charge is -1.99. The molecule has 0 saturated heterocycles.